The molecule has 0 aliphatic carbocycles. The van der Waals surface area contributed by atoms with E-state index in [2.05, 4.69) is 34.3 Å². The van der Waals surface area contributed by atoms with Crippen LogP contribution < -0.4 is 5.32 Å². The number of hydrogen-bond donors (Lipinski definition) is 1. The minimum atomic E-state index is 1.04. The standard InChI is InChI=1S/C22H34N2/c1-23-19-15-13-11-9-7-5-3-2-4-6-8-10-12-14-17-22-18-16-20-24-21-22/h5,7,16,18,20-21,23H,4,6,8-15,17,19H2,1H3. The van der Waals surface area contributed by atoms with Gasteiger partial charge in [-0.15, -0.1) is 0 Å². The van der Waals surface area contributed by atoms with Crippen molar-refractivity contribution in [3.05, 3.63) is 42.2 Å². The van der Waals surface area contributed by atoms with Crippen molar-refractivity contribution in [2.24, 2.45) is 0 Å². The molecule has 0 aliphatic heterocycles. The lowest BCUT2D eigenvalue weighted by Crippen LogP contribution is -2.06. The number of unbranched alkanes of at least 4 members (excludes halogenated alkanes) is 8. The molecule has 0 spiro atoms. The third-order valence-electron chi connectivity index (χ3n) is 4.09. The quantitative estimate of drug-likeness (QED) is 0.393. The predicted octanol–water partition coefficient (Wildman–Crippen LogP) is 5.30. The normalized spacial score (nSPS) is 10.7. The summed E-state index contributed by atoms with van der Waals surface area (Å²) in [5, 5.41) is 3.18. The van der Waals surface area contributed by atoms with Crippen molar-refractivity contribution in [3.8, 4) is 11.8 Å². The number of allylic oxidation sites excluding steroid dienone is 2. The summed E-state index contributed by atoms with van der Waals surface area (Å²) in [6, 6.07) is 4.19. The molecule has 0 bridgehead atoms. The molecule has 1 heterocycles. The van der Waals surface area contributed by atoms with E-state index in [4.69, 9.17) is 0 Å². The molecule has 132 valence electrons. The summed E-state index contributed by atoms with van der Waals surface area (Å²) in [6.45, 7) is 1.13. The minimum absolute atomic E-state index is 1.04. The number of aryl methyl sites for hydroxylation is 1. The van der Waals surface area contributed by atoms with E-state index in [0.717, 1.165) is 25.8 Å². The van der Waals surface area contributed by atoms with E-state index in [1.807, 2.05) is 31.6 Å². The highest BCUT2D eigenvalue weighted by Gasteiger charge is 1.93. The first-order valence-corrected chi connectivity index (χ1v) is 9.60. The molecule has 1 aromatic rings. The number of aromatic nitrogens is 1. The first-order valence-electron chi connectivity index (χ1n) is 9.60. The molecule has 0 radical (unpaired) electrons. The summed E-state index contributed by atoms with van der Waals surface area (Å²) in [5.41, 5.74) is 1.36. The second-order valence-electron chi connectivity index (χ2n) is 6.31. The van der Waals surface area contributed by atoms with Gasteiger partial charge >= 0.3 is 0 Å². The zero-order chi connectivity index (χ0) is 17.1. The van der Waals surface area contributed by atoms with Gasteiger partial charge < -0.3 is 5.32 Å². The van der Waals surface area contributed by atoms with Crippen LogP contribution in [0.5, 0.6) is 0 Å². The molecule has 1 N–H and O–H groups in total. The Bertz CT molecular complexity index is 468. The van der Waals surface area contributed by atoms with E-state index in [1.54, 1.807) is 0 Å². The average Bonchev–Trinajstić information content (AvgIpc) is 2.62. The first kappa shape index (κ1) is 20.5. The summed E-state index contributed by atoms with van der Waals surface area (Å²) < 4.78 is 0. The van der Waals surface area contributed by atoms with Crippen LogP contribution in [0.1, 0.15) is 69.8 Å². The van der Waals surface area contributed by atoms with Crippen LogP contribution >= 0.6 is 0 Å². The molecule has 0 saturated carbocycles. The minimum Gasteiger partial charge on any atom is -0.320 e. The molecule has 0 aromatic carbocycles. The van der Waals surface area contributed by atoms with Crippen molar-refractivity contribution in [2.75, 3.05) is 13.6 Å². The predicted molar refractivity (Wildman–Crippen MR) is 105 cm³/mol. The van der Waals surface area contributed by atoms with Gasteiger partial charge in [-0.05, 0) is 69.8 Å². The van der Waals surface area contributed by atoms with Crippen molar-refractivity contribution in [3.63, 3.8) is 0 Å². The molecule has 0 aliphatic rings. The van der Waals surface area contributed by atoms with Crippen molar-refractivity contribution in [1.82, 2.24) is 10.3 Å². The number of rotatable bonds is 13. The molecule has 24 heavy (non-hydrogen) atoms. The maximum Gasteiger partial charge on any atom is 0.0299 e. The third kappa shape index (κ3) is 12.9. The van der Waals surface area contributed by atoms with Gasteiger partial charge in [0.05, 0.1) is 0 Å². The van der Waals surface area contributed by atoms with E-state index >= 15 is 0 Å². The van der Waals surface area contributed by atoms with Gasteiger partial charge in [0.15, 0.2) is 0 Å². The van der Waals surface area contributed by atoms with Crippen molar-refractivity contribution in [1.29, 1.82) is 0 Å². The van der Waals surface area contributed by atoms with Crippen LogP contribution in [0.15, 0.2) is 36.7 Å². The molecule has 1 rings (SSSR count). The zero-order valence-corrected chi connectivity index (χ0v) is 15.4. The van der Waals surface area contributed by atoms with Crippen molar-refractivity contribution in [2.45, 2.75) is 70.6 Å². The van der Waals surface area contributed by atoms with Gasteiger partial charge in [0.2, 0.25) is 0 Å². The SMILES string of the molecule is CNCCCCCC=CC#CCCCCCCCc1cccnc1. The van der Waals surface area contributed by atoms with Crippen LogP contribution in [0, 0.1) is 11.8 Å². The second kappa shape index (κ2) is 16.3. The monoisotopic (exact) mass is 326 g/mol. The summed E-state index contributed by atoms with van der Waals surface area (Å²) in [4.78, 5) is 4.15. The number of hydrogen-bond acceptors (Lipinski definition) is 2. The summed E-state index contributed by atoms with van der Waals surface area (Å²) in [5.74, 6) is 6.42. The number of nitrogens with zero attached hydrogens (tertiary/aromatic N) is 1. The summed E-state index contributed by atoms with van der Waals surface area (Å²) in [7, 11) is 2.01. The van der Waals surface area contributed by atoms with E-state index in [0.29, 0.717) is 0 Å². The largest absolute Gasteiger partial charge is 0.320 e. The Labute approximate surface area is 149 Å². The molecule has 0 fully saturated rings. The molecule has 0 unspecified atom stereocenters. The fraction of sp³-hybridized carbons (Fsp3) is 0.591. The van der Waals surface area contributed by atoms with Gasteiger partial charge in [0.1, 0.15) is 0 Å². The van der Waals surface area contributed by atoms with Crippen LogP contribution in [-0.4, -0.2) is 18.6 Å². The molecular formula is C22H34N2. The van der Waals surface area contributed by atoms with Crippen LogP contribution in [0.2, 0.25) is 0 Å². The maximum absolute atomic E-state index is 4.15. The van der Waals surface area contributed by atoms with Crippen LogP contribution in [-0.2, 0) is 6.42 Å². The Morgan fingerprint density at radius 2 is 1.88 bits per heavy atom. The molecule has 0 atom stereocenters. The van der Waals surface area contributed by atoms with Gasteiger partial charge in [-0.25, -0.2) is 0 Å². The Morgan fingerprint density at radius 3 is 2.71 bits per heavy atom. The second-order valence-corrected chi connectivity index (χ2v) is 6.31. The molecule has 0 saturated heterocycles. The van der Waals surface area contributed by atoms with Crippen LogP contribution in [0.3, 0.4) is 0 Å². The van der Waals surface area contributed by atoms with E-state index < -0.39 is 0 Å². The molecular weight excluding hydrogens is 292 g/mol. The average molecular weight is 327 g/mol. The number of nitrogens with one attached hydrogen (secondary N) is 1. The zero-order valence-electron chi connectivity index (χ0n) is 15.4. The highest BCUT2D eigenvalue weighted by molar-refractivity contribution is 5.15. The fourth-order valence-corrected chi connectivity index (χ4v) is 2.63. The van der Waals surface area contributed by atoms with Gasteiger partial charge in [-0.1, -0.05) is 49.7 Å². The third-order valence-corrected chi connectivity index (χ3v) is 4.09. The Hall–Kier alpha value is -1.59. The molecule has 2 nitrogen and oxygen atoms in total. The van der Waals surface area contributed by atoms with Crippen LogP contribution in [0.25, 0.3) is 0 Å². The smallest absolute Gasteiger partial charge is 0.0299 e. The lowest BCUT2D eigenvalue weighted by molar-refractivity contribution is 0.620. The number of pyridine rings is 1. The van der Waals surface area contributed by atoms with Crippen molar-refractivity contribution >= 4 is 0 Å². The Balaban J connectivity index is 1.85. The first-order chi connectivity index (χ1) is 11.9. The van der Waals surface area contributed by atoms with E-state index in [1.165, 1.54) is 56.9 Å². The summed E-state index contributed by atoms with van der Waals surface area (Å²) >= 11 is 0. The van der Waals surface area contributed by atoms with E-state index in [9.17, 15) is 0 Å². The highest BCUT2D eigenvalue weighted by Crippen LogP contribution is 2.08. The fourth-order valence-electron chi connectivity index (χ4n) is 2.63. The highest BCUT2D eigenvalue weighted by atomic mass is 14.8. The molecule has 0 amide bonds. The van der Waals surface area contributed by atoms with Crippen molar-refractivity contribution < 1.29 is 0 Å². The Kier molecular flexibility index (Phi) is 13.9. The van der Waals surface area contributed by atoms with Crippen LogP contribution in [0.4, 0.5) is 0 Å². The lowest BCUT2D eigenvalue weighted by atomic mass is 10.1. The van der Waals surface area contributed by atoms with Gasteiger partial charge in [0, 0.05) is 18.8 Å². The molecule has 1 aromatic heterocycles. The molecule has 2 heteroatoms. The summed E-state index contributed by atoms with van der Waals surface area (Å²) in [6.07, 6.45) is 21.7. The van der Waals surface area contributed by atoms with Gasteiger partial charge in [0.25, 0.3) is 0 Å². The maximum atomic E-state index is 4.15. The Morgan fingerprint density at radius 1 is 1.04 bits per heavy atom. The van der Waals surface area contributed by atoms with Gasteiger partial charge in [-0.2, -0.15) is 0 Å². The lowest BCUT2D eigenvalue weighted by Gasteiger charge is -2.00. The topological polar surface area (TPSA) is 24.9 Å². The van der Waals surface area contributed by atoms with E-state index in [-0.39, 0.29) is 0 Å². The van der Waals surface area contributed by atoms with Gasteiger partial charge in [-0.3, -0.25) is 4.98 Å².